The number of hydrogen-bond donors (Lipinski definition) is 3. The summed E-state index contributed by atoms with van der Waals surface area (Å²) in [4.78, 5) is 14.2. The van der Waals surface area contributed by atoms with Crippen LogP contribution in [0.25, 0.3) is 0 Å². The molecule has 3 N–H and O–H groups in total. The lowest BCUT2D eigenvalue weighted by molar-refractivity contribution is 0.182. The van der Waals surface area contributed by atoms with Gasteiger partial charge in [-0.05, 0) is 30.9 Å². The molecule has 2 unspecified atom stereocenters. The van der Waals surface area contributed by atoms with Crippen molar-refractivity contribution < 1.29 is 9.90 Å². The summed E-state index contributed by atoms with van der Waals surface area (Å²) < 4.78 is 0. The number of urea groups is 1. The Labute approximate surface area is 132 Å². The Morgan fingerprint density at radius 1 is 1.36 bits per heavy atom. The van der Waals surface area contributed by atoms with Crippen LogP contribution in [-0.4, -0.2) is 47.8 Å². The zero-order valence-corrected chi connectivity index (χ0v) is 13.5. The molecule has 1 aliphatic rings. The Morgan fingerprint density at radius 2 is 2.09 bits per heavy atom. The number of carbonyl (C=O) groups is 1. The van der Waals surface area contributed by atoms with Gasteiger partial charge in [-0.3, -0.25) is 4.90 Å². The van der Waals surface area contributed by atoms with Crippen LogP contribution in [0.2, 0.25) is 0 Å². The predicted molar refractivity (Wildman–Crippen MR) is 87.7 cm³/mol. The number of aliphatic hydroxyl groups is 1. The smallest absolute Gasteiger partial charge is 0.315 e. The lowest BCUT2D eigenvalue weighted by atomic mass is 9.99. The number of amides is 2. The predicted octanol–water partition coefficient (Wildman–Crippen LogP) is 1.50. The maximum absolute atomic E-state index is 11.8. The van der Waals surface area contributed by atoms with Gasteiger partial charge < -0.3 is 15.7 Å². The molecule has 2 amide bonds. The highest BCUT2D eigenvalue weighted by atomic mass is 16.3. The van der Waals surface area contributed by atoms with Crippen LogP contribution in [0.4, 0.5) is 4.79 Å². The molecule has 0 spiro atoms. The molecular formula is C17H27N3O2. The minimum absolute atomic E-state index is 0.0254. The lowest BCUT2D eigenvalue weighted by Crippen LogP contribution is -2.49. The van der Waals surface area contributed by atoms with Crippen molar-refractivity contribution in [2.45, 2.75) is 45.3 Å². The summed E-state index contributed by atoms with van der Waals surface area (Å²) in [7, 11) is 0. The van der Waals surface area contributed by atoms with Crippen LogP contribution in [0.5, 0.6) is 0 Å². The van der Waals surface area contributed by atoms with Crippen molar-refractivity contribution in [3.63, 3.8) is 0 Å². The lowest BCUT2D eigenvalue weighted by Gasteiger charge is -2.33. The molecular weight excluding hydrogens is 278 g/mol. The molecule has 2 rings (SSSR count). The van der Waals surface area contributed by atoms with E-state index < -0.39 is 0 Å². The second-order valence-corrected chi connectivity index (χ2v) is 5.98. The van der Waals surface area contributed by atoms with Gasteiger partial charge in [-0.2, -0.15) is 0 Å². The zero-order valence-electron chi connectivity index (χ0n) is 13.5. The normalized spacial score (nSPS) is 17.4. The first-order chi connectivity index (χ1) is 10.6. The molecule has 0 radical (unpaired) electrons. The highest BCUT2D eigenvalue weighted by Gasteiger charge is 2.20. The summed E-state index contributed by atoms with van der Waals surface area (Å²) in [5.41, 5.74) is 2.82. The van der Waals surface area contributed by atoms with Crippen molar-refractivity contribution in [3.05, 3.63) is 35.4 Å². The van der Waals surface area contributed by atoms with Crippen LogP contribution in [0.15, 0.2) is 24.3 Å². The third-order valence-electron chi connectivity index (χ3n) is 4.39. The van der Waals surface area contributed by atoms with Gasteiger partial charge in [0.25, 0.3) is 0 Å². The van der Waals surface area contributed by atoms with Crippen LogP contribution in [0.1, 0.15) is 31.4 Å². The van der Waals surface area contributed by atoms with Crippen molar-refractivity contribution in [2.24, 2.45) is 0 Å². The SMILES string of the molecule is CCC(CO)NC(=O)NCC(C)N1CCc2ccccc2C1. The van der Waals surface area contributed by atoms with Gasteiger partial charge in [0.1, 0.15) is 0 Å². The number of aliphatic hydroxyl groups excluding tert-OH is 1. The molecule has 0 saturated carbocycles. The van der Waals surface area contributed by atoms with Gasteiger partial charge in [-0.15, -0.1) is 0 Å². The summed E-state index contributed by atoms with van der Waals surface area (Å²) in [5.74, 6) is 0. The first-order valence-electron chi connectivity index (χ1n) is 8.10. The van der Waals surface area contributed by atoms with E-state index in [0.717, 1.165) is 25.9 Å². The number of nitrogens with zero attached hydrogens (tertiary/aromatic N) is 1. The molecule has 22 heavy (non-hydrogen) atoms. The number of hydrogen-bond acceptors (Lipinski definition) is 3. The van der Waals surface area contributed by atoms with Crippen LogP contribution in [0.3, 0.4) is 0 Å². The van der Waals surface area contributed by atoms with Crippen LogP contribution < -0.4 is 10.6 Å². The Morgan fingerprint density at radius 3 is 2.77 bits per heavy atom. The molecule has 0 aromatic heterocycles. The van der Waals surface area contributed by atoms with E-state index in [1.54, 1.807) is 0 Å². The monoisotopic (exact) mass is 305 g/mol. The van der Waals surface area contributed by atoms with E-state index in [2.05, 4.69) is 46.7 Å². The number of nitrogens with one attached hydrogen (secondary N) is 2. The third-order valence-corrected chi connectivity index (χ3v) is 4.39. The molecule has 5 heteroatoms. The van der Waals surface area contributed by atoms with Crippen molar-refractivity contribution in [1.29, 1.82) is 0 Å². The van der Waals surface area contributed by atoms with Gasteiger partial charge in [0, 0.05) is 25.7 Å². The Bertz CT molecular complexity index is 489. The fraction of sp³-hybridized carbons (Fsp3) is 0.588. The molecule has 0 saturated heterocycles. The maximum atomic E-state index is 11.8. The van der Waals surface area contributed by atoms with Crippen molar-refractivity contribution >= 4 is 6.03 Å². The summed E-state index contributed by atoms with van der Waals surface area (Å²) in [6.45, 7) is 6.62. The summed E-state index contributed by atoms with van der Waals surface area (Å²) in [6.07, 6.45) is 1.79. The van der Waals surface area contributed by atoms with Crippen molar-refractivity contribution in [3.8, 4) is 0 Å². The van der Waals surface area contributed by atoms with E-state index in [1.165, 1.54) is 11.1 Å². The standard InChI is InChI=1S/C17H27N3O2/c1-3-16(12-21)19-17(22)18-10-13(2)20-9-8-14-6-4-5-7-15(14)11-20/h4-7,13,16,21H,3,8-12H2,1-2H3,(H2,18,19,22). The van der Waals surface area contributed by atoms with E-state index in [9.17, 15) is 4.79 Å². The van der Waals surface area contributed by atoms with Crippen LogP contribution in [0, 0.1) is 0 Å². The number of benzene rings is 1. The summed E-state index contributed by atoms with van der Waals surface area (Å²) >= 11 is 0. The number of fused-ring (bicyclic) bond motifs is 1. The second-order valence-electron chi connectivity index (χ2n) is 5.98. The van der Waals surface area contributed by atoms with E-state index in [4.69, 9.17) is 5.11 Å². The molecule has 1 aromatic carbocycles. The van der Waals surface area contributed by atoms with E-state index in [0.29, 0.717) is 6.54 Å². The van der Waals surface area contributed by atoms with Gasteiger partial charge in [-0.1, -0.05) is 31.2 Å². The van der Waals surface area contributed by atoms with Crippen LogP contribution >= 0.6 is 0 Å². The second kappa shape index (κ2) is 8.15. The number of carbonyl (C=O) groups excluding carboxylic acids is 1. The van der Waals surface area contributed by atoms with Gasteiger partial charge in [0.2, 0.25) is 0 Å². The number of rotatable bonds is 6. The van der Waals surface area contributed by atoms with Gasteiger partial charge >= 0.3 is 6.03 Å². The molecule has 0 bridgehead atoms. The minimum Gasteiger partial charge on any atom is -0.394 e. The van der Waals surface area contributed by atoms with Gasteiger partial charge in [-0.25, -0.2) is 4.79 Å². The van der Waals surface area contributed by atoms with Crippen molar-refractivity contribution in [2.75, 3.05) is 19.7 Å². The fourth-order valence-electron chi connectivity index (χ4n) is 2.78. The highest BCUT2D eigenvalue weighted by Crippen LogP contribution is 2.19. The van der Waals surface area contributed by atoms with Crippen LogP contribution in [-0.2, 0) is 13.0 Å². The zero-order chi connectivity index (χ0) is 15.9. The molecule has 0 aliphatic carbocycles. The first-order valence-corrected chi connectivity index (χ1v) is 8.10. The summed E-state index contributed by atoms with van der Waals surface area (Å²) in [6, 6.07) is 8.47. The third kappa shape index (κ3) is 4.45. The topological polar surface area (TPSA) is 64.6 Å². The molecule has 5 nitrogen and oxygen atoms in total. The van der Waals surface area contributed by atoms with Crippen molar-refractivity contribution in [1.82, 2.24) is 15.5 Å². The molecule has 1 heterocycles. The molecule has 0 fully saturated rings. The molecule has 1 aromatic rings. The fourth-order valence-corrected chi connectivity index (χ4v) is 2.78. The molecule has 1 aliphatic heterocycles. The Kier molecular flexibility index (Phi) is 6.21. The van der Waals surface area contributed by atoms with E-state index in [-0.39, 0.29) is 24.7 Å². The van der Waals surface area contributed by atoms with E-state index >= 15 is 0 Å². The minimum atomic E-state index is -0.204. The Hall–Kier alpha value is -1.59. The molecule has 2 atom stereocenters. The van der Waals surface area contributed by atoms with Gasteiger partial charge in [0.15, 0.2) is 0 Å². The van der Waals surface area contributed by atoms with Gasteiger partial charge in [0.05, 0.1) is 12.6 Å². The quantitative estimate of drug-likeness (QED) is 0.746. The maximum Gasteiger partial charge on any atom is 0.315 e. The van der Waals surface area contributed by atoms with E-state index in [1.807, 2.05) is 6.92 Å². The highest BCUT2D eigenvalue weighted by molar-refractivity contribution is 5.74. The average Bonchev–Trinajstić information content (AvgIpc) is 2.57. The Balaban J connectivity index is 1.79. The first kappa shape index (κ1) is 16.8. The summed E-state index contributed by atoms with van der Waals surface area (Å²) in [5, 5.41) is 14.8. The largest absolute Gasteiger partial charge is 0.394 e. The molecule has 122 valence electrons. The average molecular weight is 305 g/mol.